The zero-order valence-electron chi connectivity index (χ0n) is 8.18. The molecule has 2 rings (SSSR count). The van der Waals surface area contributed by atoms with E-state index in [1.54, 1.807) is 6.26 Å². The largest absolute Gasteiger partial charge is 0.468 e. The van der Waals surface area contributed by atoms with E-state index < -0.39 is 0 Å². The van der Waals surface area contributed by atoms with Gasteiger partial charge in [-0.25, -0.2) is 0 Å². The van der Waals surface area contributed by atoms with E-state index in [9.17, 15) is 0 Å². The zero-order valence-corrected chi connectivity index (χ0v) is 8.18. The van der Waals surface area contributed by atoms with Crippen LogP contribution in [-0.2, 0) is 6.54 Å². The molecular weight excluding hydrogens is 162 g/mol. The molecule has 0 saturated heterocycles. The molecule has 0 aromatic carbocycles. The number of furan rings is 1. The summed E-state index contributed by atoms with van der Waals surface area (Å²) in [4.78, 5) is 0. The maximum absolute atomic E-state index is 5.24. The monoisotopic (exact) mass is 179 g/mol. The Kier molecular flexibility index (Phi) is 2.40. The van der Waals surface area contributed by atoms with E-state index in [0.29, 0.717) is 5.41 Å². The molecular formula is C11H17NO. The molecule has 0 aliphatic heterocycles. The van der Waals surface area contributed by atoms with E-state index >= 15 is 0 Å². The summed E-state index contributed by atoms with van der Waals surface area (Å²) in [7, 11) is 0. The fourth-order valence-electron chi connectivity index (χ4n) is 1.86. The third-order valence-electron chi connectivity index (χ3n) is 2.99. The molecule has 72 valence electrons. The summed E-state index contributed by atoms with van der Waals surface area (Å²) in [6.45, 7) is 4.34. The Bertz CT molecular complexity index is 249. The Morgan fingerprint density at radius 3 is 2.92 bits per heavy atom. The first-order valence-corrected chi connectivity index (χ1v) is 5.02. The Morgan fingerprint density at radius 1 is 1.54 bits per heavy atom. The Labute approximate surface area is 79.3 Å². The van der Waals surface area contributed by atoms with Gasteiger partial charge < -0.3 is 9.73 Å². The lowest BCUT2D eigenvalue weighted by atomic mass is 9.70. The van der Waals surface area contributed by atoms with Crippen LogP contribution in [0.3, 0.4) is 0 Å². The fraction of sp³-hybridized carbons (Fsp3) is 0.636. The van der Waals surface area contributed by atoms with Crippen molar-refractivity contribution in [2.75, 3.05) is 6.54 Å². The second-order valence-electron chi connectivity index (χ2n) is 4.35. The van der Waals surface area contributed by atoms with Gasteiger partial charge in [-0.15, -0.1) is 0 Å². The molecule has 1 saturated carbocycles. The first kappa shape index (κ1) is 8.82. The minimum Gasteiger partial charge on any atom is -0.468 e. The van der Waals surface area contributed by atoms with Crippen LogP contribution < -0.4 is 5.32 Å². The molecule has 1 aromatic heterocycles. The first-order valence-electron chi connectivity index (χ1n) is 5.02. The quantitative estimate of drug-likeness (QED) is 0.768. The normalized spacial score (nSPS) is 19.8. The summed E-state index contributed by atoms with van der Waals surface area (Å²) < 4.78 is 5.24. The van der Waals surface area contributed by atoms with Crippen LogP contribution in [0.5, 0.6) is 0 Å². The summed E-state index contributed by atoms with van der Waals surface area (Å²) in [6, 6.07) is 3.94. The van der Waals surface area contributed by atoms with Gasteiger partial charge in [0.2, 0.25) is 0 Å². The maximum atomic E-state index is 5.24. The van der Waals surface area contributed by atoms with Crippen molar-refractivity contribution in [3.63, 3.8) is 0 Å². The van der Waals surface area contributed by atoms with E-state index in [4.69, 9.17) is 4.42 Å². The summed E-state index contributed by atoms with van der Waals surface area (Å²) in [5.74, 6) is 1.03. The minimum atomic E-state index is 0.562. The molecule has 1 aliphatic carbocycles. The Hall–Kier alpha value is -0.760. The summed E-state index contributed by atoms with van der Waals surface area (Å²) in [6.07, 6.45) is 5.87. The molecule has 1 heterocycles. The van der Waals surface area contributed by atoms with Gasteiger partial charge in [-0.2, -0.15) is 0 Å². The molecule has 0 radical (unpaired) electrons. The van der Waals surface area contributed by atoms with Gasteiger partial charge in [0.15, 0.2) is 0 Å². The van der Waals surface area contributed by atoms with Gasteiger partial charge in [0.1, 0.15) is 5.76 Å². The average molecular weight is 179 g/mol. The molecule has 0 bridgehead atoms. The van der Waals surface area contributed by atoms with Gasteiger partial charge in [0, 0.05) is 6.54 Å². The van der Waals surface area contributed by atoms with E-state index in [1.165, 1.54) is 19.3 Å². The van der Waals surface area contributed by atoms with Crippen molar-refractivity contribution in [3.05, 3.63) is 24.2 Å². The molecule has 1 aliphatic rings. The Morgan fingerprint density at radius 2 is 2.38 bits per heavy atom. The van der Waals surface area contributed by atoms with Gasteiger partial charge >= 0.3 is 0 Å². The van der Waals surface area contributed by atoms with Crippen molar-refractivity contribution >= 4 is 0 Å². The average Bonchev–Trinajstić information content (AvgIpc) is 2.54. The third kappa shape index (κ3) is 2.13. The second kappa shape index (κ2) is 3.54. The minimum absolute atomic E-state index is 0.562. The van der Waals surface area contributed by atoms with Crippen LogP contribution in [0.15, 0.2) is 22.8 Å². The van der Waals surface area contributed by atoms with Crippen LogP contribution in [-0.4, -0.2) is 6.54 Å². The van der Waals surface area contributed by atoms with Crippen molar-refractivity contribution in [1.29, 1.82) is 0 Å². The van der Waals surface area contributed by atoms with E-state index in [2.05, 4.69) is 12.2 Å². The predicted octanol–water partition coefficient (Wildman–Crippen LogP) is 2.56. The molecule has 1 aromatic rings. The van der Waals surface area contributed by atoms with Gasteiger partial charge in [0.05, 0.1) is 12.8 Å². The van der Waals surface area contributed by atoms with E-state index in [0.717, 1.165) is 18.8 Å². The van der Waals surface area contributed by atoms with Crippen molar-refractivity contribution in [2.45, 2.75) is 32.7 Å². The molecule has 0 atom stereocenters. The Balaban J connectivity index is 1.69. The van der Waals surface area contributed by atoms with Gasteiger partial charge in [-0.05, 0) is 30.4 Å². The van der Waals surface area contributed by atoms with Crippen molar-refractivity contribution in [1.82, 2.24) is 5.32 Å². The number of hydrogen-bond acceptors (Lipinski definition) is 2. The molecule has 2 heteroatoms. The highest BCUT2D eigenvalue weighted by molar-refractivity contribution is 4.97. The molecule has 1 fully saturated rings. The fourth-order valence-corrected chi connectivity index (χ4v) is 1.86. The molecule has 0 unspecified atom stereocenters. The van der Waals surface area contributed by atoms with Gasteiger partial charge in [-0.1, -0.05) is 13.3 Å². The van der Waals surface area contributed by atoms with Crippen LogP contribution in [0.2, 0.25) is 0 Å². The van der Waals surface area contributed by atoms with Crippen molar-refractivity contribution in [3.8, 4) is 0 Å². The lowest BCUT2D eigenvalue weighted by molar-refractivity contribution is 0.155. The van der Waals surface area contributed by atoms with Crippen molar-refractivity contribution < 1.29 is 4.42 Å². The molecule has 2 nitrogen and oxygen atoms in total. The van der Waals surface area contributed by atoms with Crippen molar-refractivity contribution in [2.24, 2.45) is 5.41 Å². The highest BCUT2D eigenvalue weighted by atomic mass is 16.3. The maximum Gasteiger partial charge on any atom is 0.117 e. The summed E-state index contributed by atoms with van der Waals surface area (Å²) in [5.41, 5.74) is 0.562. The SMILES string of the molecule is CC1(CNCc2ccco2)CCC1. The lowest BCUT2D eigenvalue weighted by Crippen LogP contribution is -2.36. The first-order chi connectivity index (χ1) is 6.29. The molecule has 13 heavy (non-hydrogen) atoms. The van der Waals surface area contributed by atoms with Gasteiger partial charge in [-0.3, -0.25) is 0 Å². The van der Waals surface area contributed by atoms with Crippen LogP contribution >= 0.6 is 0 Å². The zero-order chi connectivity index (χ0) is 9.15. The predicted molar refractivity (Wildman–Crippen MR) is 52.4 cm³/mol. The topological polar surface area (TPSA) is 25.2 Å². The standard InChI is InChI=1S/C11H17NO/c1-11(5-3-6-11)9-12-8-10-4-2-7-13-10/h2,4,7,12H,3,5-6,8-9H2,1H3. The summed E-state index contributed by atoms with van der Waals surface area (Å²) >= 11 is 0. The molecule has 1 N–H and O–H groups in total. The second-order valence-corrected chi connectivity index (χ2v) is 4.35. The van der Waals surface area contributed by atoms with E-state index in [1.807, 2.05) is 12.1 Å². The third-order valence-corrected chi connectivity index (χ3v) is 2.99. The van der Waals surface area contributed by atoms with Crippen LogP contribution in [0.25, 0.3) is 0 Å². The number of nitrogens with one attached hydrogen (secondary N) is 1. The van der Waals surface area contributed by atoms with Crippen LogP contribution in [0, 0.1) is 5.41 Å². The van der Waals surface area contributed by atoms with Gasteiger partial charge in [0.25, 0.3) is 0 Å². The molecule has 0 spiro atoms. The van der Waals surface area contributed by atoms with E-state index in [-0.39, 0.29) is 0 Å². The van der Waals surface area contributed by atoms with Crippen LogP contribution in [0.4, 0.5) is 0 Å². The molecule has 0 amide bonds. The highest BCUT2D eigenvalue weighted by Gasteiger charge is 2.30. The number of hydrogen-bond donors (Lipinski definition) is 1. The smallest absolute Gasteiger partial charge is 0.117 e. The number of rotatable bonds is 4. The summed E-state index contributed by atoms with van der Waals surface area (Å²) in [5, 5.41) is 3.44. The van der Waals surface area contributed by atoms with Crippen LogP contribution in [0.1, 0.15) is 31.9 Å². The highest BCUT2D eigenvalue weighted by Crippen LogP contribution is 2.39. The lowest BCUT2D eigenvalue weighted by Gasteiger charge is -2.38.